The molecule has 2 heterocycles. The van der Waals surface area contributed by atoms with Gasteiger partial charge in [0.15, 0.2) is 0 Å². The molecule has 0 atom stereocenters. The molecule has 8 nitrogen and oxygen atoms in total. The highest BCUT2D eigenvalue weighted by Gasteiger charge is 2.23. The quantitative estimate of drug-likeness (QED) is 0.360. The summed E-state index contributed by atoms with van der Waals surface area (Å²) in [4.78, 5) is 42.7. The standard InChI is InChI=1S/C26H25N3O5S/c1-4-34-26(32)22-20(17-8-10-18(33-3)11-9-17)14-35-24(22)28-21(30)12-13-29-15-27-23-16(2)6-5-7-19(23)25(29)31/h5-11,14-15H,4,12-13H2,1-3H3,(H,28,30). The molecule has 0 spiro atoms. The molecule has 4 aromatic rings. The Morgan fingerprint density at radius 1 is 1.14 bits per heavy atom. The van der Waals surface area contributed by atoms with Crippen LogP contribution < -0.4 is 15.6 Å². The second kappa shape index (κ2) is 10.5. The summed E-state index contributed by atoms with van der Waals surface area (Å²) in [5.74, 6) is -0.140. The van der Waals surface area contributed by atoms with Crippen LogP contribution in [0.5, 0.6) is 5.75 Å². The van der Waals surface area contributed by atoms with Crippen LogP contribution >= 0.6 is 11.3 Å². The van der Waals surface area contributed by atoms with Gasteiger partial charge in [0.25, 0.3) is 5.56 Å². The van der Waals surface area contributed by atoms with Crippen LogP contribution in [0.4, 0.5) is 5.00 Å². The van der Waals surface area contributed by atoms with Crippen LogP contribution in [0.1, 0.15) is 29.3 Å². The lowest BCUT2D eigenvalue weighted by atomic mass is 10.0. The van der Waals surface area contributed by atoms with Crippen molar-refractivity contribution in [2.24, 2.45) is 0 Å². The Balaban J connectivity index is 1.54. The van der Waals surface area contributed by atoms with Crippen LogP contribution in [0.15, 0.2) is 59.0 Å². The van der Waals surface area contributed by atoms with Crippen molar-refractivity contribution in [1.82, 2.24) is 9.55 Å². The van der Waals surface area contributed by atoms with E-state index < -0.39 is 5.97 Å². The van der Waals surface area contributed by atoms with E-state index >= 15 is 0 Å². The second-order valence-electron chi connectivity index (χ2n) is 7.81. The maximum atomic E-state index is 12.8. The summed E-state index contributed by atoms with van der Waals surface area (Å²) in [6.45, 7) is 4.00. The van der Waals surface area contributed by atoms with Gasteiger partial charge in [-0.1, -0.05) is 24.3 Å². The zero-order valence-electron chi connectivity index (χ0n) is 19.7. The number of hydrogen-bond acceptors (Lipinski definition) is 7. The number of methoxy groups -OCH3 is 1. The zero-order valence-corrected chi connectivity index (χ0v) is 20.5. The van der Waals surface area contributed by atoms with Gasteiger partial charge in [0.2, 0.25) is 5.91 Å². The molecule has 0 saturated carbocycles. The summed E-state index contributed by atoms with van der Waals surface area (Å²) in [6.07, 6.45) is 1.50. The predicted octanol–water partition coefficient (Wildman–Crippen LogP) is 4.65. The Labute approximate surface area is 206 Å². The molecule has 0 fully saturated rings. The van der Waals surface area contributed by atoms with Crippen molar-refractivity contribution in [3.05, 3.63) is 75.7 Å². The van der Waals surface area contributed by atoms with Crippen molar-refractivity contribution in [1.29, 1.82) is 0 Å². The summed E-state index contributed by atoms with van der Waals surface area (Å²) in [5.41, 5.74) is 3.14. The van der Waals surface area contributed by atoms with E-state index in [9.17, 15) is 14.4 Å². The van der Waals surface area contributed by atoms with E-state index in [1.54, 1.807) is 32.2 Å². The van der Waals surface area contributed by atoms with Gasteiger partial charge < -0.3 is 14.8 Å². The number of rotatable bonds is 8. The molecule has 0 aliphatic heterocycles. The third kappa shape index (κ3) is 5.09. The predicted molar refractivity (Wildman–Crippen MR) is 136 cm³/mol. The van der Waals surface area contributed by atoms with Gasteiger partial charge in [0.05, 0.1) is 30.9 Å². The molecule has 180 valence electrons. The third-order valence-electron chi connectivity index (χ3n) is 5.56. The number of esters is 1. The van der Waals surface area contributed by atoms with Gasteiger partial charge >= 0.3 is 5.97 Å². The second-order valence-corrected chi connectivity index (χ2v) is 8.69. The van der Waals surface area contributed by atoms with E-state index in [0.29, 0.717) is 32.8 Å². The number of benzene rings is 2. The molecule has 0 aliphatic carbocycles. The van der Waals surface area contributed by atoms with Crippen molar-refractivity contribution in [2.45, 2.75) is 26.8 Å². The molecular formula is C26H25N3O5S. The minimum atomic E-state index is -0.514. The number of nitrogens with one attached hydrogen (secondary N) is 1. The van der Waals surface area contributed by atoms with E-state index in [1.807, 2.05) is 36.6 Å². The number of carbonyl (C=O) groups excluding carboxylic acids is 2. The molecule has 0 aliphatic rings. The van der Waals surface area contributed by atoms with Gasteiger partial charge in [-0.05, 0) is 43.2 Å². The number of aryl methyl sites for hydroxylation is 2. The highest BCUT2D eigenvalue weighted by Crippen LogP contribution is 2.37. The zero-order chi connectivity index (χ0) is 24.9. The molecular weight excluding hydrogens is 466 g/mol. The fourth-order valence-electron chi connectivity index (χ4n) is 3.75. The Kier molecular flexibility index (Phi) is 7.26. The number of ether oxygens (including phenoxy) is 2. The van der Waals surface area contributed by atoms with E-state index in [4.69, 9.17) is 9.47 Å². The molecule has 9 heteroatoms. The van der Waals surface area contributed by atoms with E-state index in [2.05, 4.69) is 10.3 Å². The topological polar surface area (TPSA) is 99.5 Å². The highest BCUT2D eigenvalue weighted by atomic mass is 32.1. The first-order valence-corrected chi connectivity index (χ1v) is 12.0. The maximum Gasteiger partial charge on any atom is 0.341 e. The Morgan fingerprint density at radius 2 is 1.91 bits per heavy atom. The molecule has 2 aromatic heterocycles. The lowest BCUT2D eigenvalue weighted by molar-refractivity contribution is -0.116. The van der Waals surface area contributed by atoms with Gasteiger partial charge in [-0.2, -0.15) is 0 Å². The Bertz CT molecular complexity index is 1440. The van der Waals surface area contributed by atoms with Crippen molar-refractivity contribution < 1.29 is 19.1 Å². The maximum absolute atomic E-state index is 12.8. The van der Waals surface area contributed by atoms with Crippen molar-refractivity contribution in [2.75, 3.05) is 19.0 Å². The fourth-order valence-corrected chi connectivity index (χ4v) is 4.72. The minimum absolute atomic E-state index is 0.0386. The number of anilines is 1. The van der Waals surface area contributed by atoms with Crippen LogP contribution in [0.3, 0.4) is 0 Å². The number of hydrogen-bond donors (Lipinski definition) is 1. The van der Waals surface area contributed by atoms with Crippen molar-refractivity contribution in [3.8, 4) is 16.9 Å². The molecule has 1 N–H and O–H groups in total. The van der Waals surface area contributed by atoms with E-state index in [1.165, 1.54) is 22.2 Å². The van der Waals surface area contributed by atoms with Gasteiger partial charge in [0, 0.05) is 23.9 Å². The lowest BCUT2D eigenvalue weighted by Crippen LogP contribution is -2.24. The molecule has 4 rings (SSSR count). The number of nitrogens with zero attached hydrogens (tertiary/aromatic N) is 2. The van der Waals surface area contributed by atoms with E-state index in [-0.39, 0.29) is 31.0 Å². The first-order chi connectivity index (χ1) is 16.9. The van der Waals surface area contributed by atoms with Crippen LogP contribution in [-0.4, -0.2) is 35.1 Å². The SMILES string of the molecule is CCOC(=O)c1c(-c2ccc(OC)cc2)csc1NC(=O)CCn1cnc2c(C)cccc2c1=O. The molecule has 0 bridgehead atoms. The molecule has 0 radical (unpaired) electrons. The van der Waals surface area contributed by atoms with Crippen molar-refractivity contribution >= 4 is 39.1 Å². The average molecular weight is 492 g/mol. The molecule has 0 unspecified atom stereocenters. The summed E-state index contributed by atoms with van der Waals surface area (Å²) < 4.78 is 11.9. The summed E-state index contributed by atoms with van der Waals surface area (Å²) in [5, 5.41) is 5.54. The largest absolute Gasteiger partial charge is 0.497 e. The smallest absolute Gasteiger partial charge is 0.341 e. The van der Waals surface area contributed by atoms with Crippen molar-refractivity contribution in [3.63, 3.8) is 0 Å². The Morgan fingerprint density at radius 3 is 2.63 bits per heavy atom. The number of carbonyl (C=O) groups is 2. The Hall–Kier alpha value is -3.98. The van der Waals surface area contributed by atoms with Gasteiger partial charge in [-0.25, -0.2) is 9.78 Å². The van der Waals surface area contributed by atoms with E-state index in [0.717, 1.165) is 11.1 Å². The average Bonchev–Trinajstić information content (AvgIpc) is 3.27. The van der Waals surface area contributed by atoms with Gasteiger partial charge in [-0.3, -0.25) is 14.2 Å². The summed E-state index contributed by atoms with van der Waals surface area (Å²) in [7, 11) is 1.58. The molecule has 2 aromatic carbocycles. The van der Waals surface area contributed by atoms with Gasteiger partial charge in [0.1, 0.15) is 16.3 Å². The number of amides is 1. The molecule has 1 amide bonds. The van der Waals surface area contributed by atoms with Crippen LogP contribution in [-0.2, 0) is 16.1 Å². The van der Waals surface area contributed by atoms with Crippen LogP contribution in [0.25, 0.3) is 22.0 Å². The van der Waals surface area contributed by atoms with Crippen LogP contribution in [0.2, 0.25) is 0 Å². The number of fused-ring (bicyclic) bond motifs is 1. The fraction of sp³-hybridized carbons (Fsp3) is 0.231. The number of thiophene rings is 1. The first kappa shape index (κ1) is 24.2. The molecule has 0 saturated heterocycles. The monoisotopic (exact) mass is 491 g/mol. The normalized spacial score (nSPS) is 10.8. The number of aromatic nitrogens is 2. The van der Waals surface area contributed by atoms with Gasteiger partial charge in [-0.15, -0.1) is 11.3 Å². The lowest BCUT2D eigenvalue weighted by Gasteiger charge is -2.10. The summed E-state index contributed by atoms with van der Waals surface area (Å²) >= 11 is 1.25. The minimum Gasteiger partial charge on any atom is -0.497 e. The highest BCUT2D eigenvalue weighted by molar-refractivity contribution is 7.15. The first-order valence-electron chi connectivity index (χ1n) is 11.1. The molecule has 35 heavy (non-hydrogen) atoms. The van der Waals surface area contributed by atoms with Crippen LogP contribution in [0, 0.1) is 6.92 Å². The number of para-hydroxylation sites is 1. The summed E-state index contributed by atoms with van der Waals surface area (Å²) in [6, 6.07) is 12.7. The third-order valence-corrected chi connectivity index (χ3v) is 6.46.